The highest BCUT2D eigenvalue weighted by Crippen LogP contribution is 2.31. The molecule has 0 bridgehead atoms. The van der Waals surface area contributed by atoms with Gasteiger partial charge in [-0.2, -0.15) is 0 Å². The van der Waals surface area contributed by atoms with Gasteiger partial charge in [-0.15, -0.1) is 0 Å². The zero-order valence-corrected chi connectivity index (χ0v) is 15.4. The zero-order chi connectivity index (χ0) is 18.9. The molecule has 2 heterocycles. The molecule has 0 radical (unpaired) electrons. The molecule has 1 amide bonds. The molecule has 1 saturated carbocycles. The second-order valence-corrected chi connectivity index (χ2v) is 7.15. The molecular weight excluding hydrogens is 354 g/mol. The summed E-state index contributed by atoms with van der Waals surface area (Å²) in [5.41, 5.74) is 2.51. The Morgan fingerprint density at radius 2 is 1.86 bits per heavy atom. The third-order valence-corrected chi connectivity index (χ3v) is 4.95. The summed E-state index contributed by atoms with van der Waals surface area (Å²) in [5, 5.41) is 7.28. The number of aromatic nitrogens is 1. The van der Waals surface area contributed by atoms with Gasteiger partial charge in [0.05, 0.1) is 11.1 Å². The number of hydrogen-bond acceptors (Lipinski definition) is 5. The predicted molar refractivity (Wildman–Crippen MR) is 107 cm³/mol. The lowest BCUT2D eigenvalue weighted by molar-refractivity contribution is 0.0952. The molecular formula is C22H21N3O3. The van der Waals surface area contributed by atoms with Gasteiger partial charge in [0.2, 0.25) is 0 Å². The van der Waals surface area contributed by atoms with E-state index in [2.05, 4.69) is 15.6 Å². The lowest BCUT2D eigenvalue weighted by Crippen LogP contribution is -2.25. The molecule has 3 aromatic rings. The third kappa shape index (κ3) is 3.45. The van der Waals surface area contributed by atoms with Crippen LogP contribution in [0.15, 0.2) is 48.5 Å². The maximum Gasteiger partial charge on any atom is 0.252 e. The van der Waals surface area contributed by atoms with E-state index in [4.69, 9.17) is 9.47 Å². The van der Waals surface area contributed by atoms with Crippen molar-refractivity contribution < 1.29 is 14.3 Å². The second-order valence-electron chi connectivity index (χ2n) is 7.15. The van der Waals surface area contributed by atoms with Crippen molar-refractivity contribution in [3.63, 3.8) is 0 Å². The molecule has 0 saturated heterocycles. The topological polar surface area (TPSA) is 72.5 Å². The number of para-hydroxylation sites is 1. The van der Waals surface area contributed by atoms with Crippen molar-refractivity contribution in [2.24, 2.45) is 0 Å². The Bertz CT molecular complexity index is 1050. The van der Waals surface area contributed by atoms with Gasteiger partial charge in [-0.05, 0) is 42.7 Å². The van der Waals surface area contributed by atoms with Crippen LogP contribution in [-0.4, -0.2) is 30.1 Å². The van der Waals surface area contributed by atoms with Gasteiger partial charge in [0.1, 0.15) is 19.0 Å². The zero-order valence-electron chi connectivity index (χ0n) is 15.4. The predicted octanol–water partition coefficient (Wildman–Crippen LogP) is 3.51. The number of carbonyl (C=O) groups excluding carboxylic acids is 1. The van der Waals surface area contributed by atoms with Gasteiger partial charge in [-0.3, -0.25) is 4.79 Å². The van der Waals surface area contributed by atoms with Crippen LogP contribution >= 0.6 is 0 Å². The van der Waals surface area contributed by atoms with E-state index in [1.807, 2.05) is 48.5 Å². The van der Waals surface area contributed by atoms with Crippen molar-refractivity contribution >= 4 is 22.6 Å². The minimum atomic E-state index is -0.0384. The molecule has 1 aliphatic carbocycles. The van der Waals surface area contributed by atoms with Gasteiger partial charge >= 0.3 is 0 Å². The quantitative estimate of drug-likeness (QED) is 0.714. The first-order valence-corrected chi connectivity index (χ1v) is 9.59. The summed E-state index contributed by atoms with van der Waals surface area (Å²) in [4.78, 5) is 17.4. The number of benzene rings is 2. The van der Waals surface area contributed by atoms with Crippen molar-refractivity contribution in [2.45, 2.75) is 25.4 Å². The van der Waals surface area contributed by atoms with Crippen LogP contribution in [0.1, 0.15) is 28.8 Å². The van der Waals surface area contributed by atoms with Crippen molar-refractivity contribution in [3.05, 3.63) is 59.7 Å². The SMILES string of the molecule is O=C(NC1CC1)c1cc(NCc2ccc3c(c2)OCCO3)nc2ccccc12. The number of hydrogen-bond donors (Lipinski definition) is 2. The second kappa shape index (κ2) is 7.03. The van der Waals surface area contributed by atoms with Crippen LogP contribution in [0, 0.1) is 0 Å². The Balaban J connectivity index is 1.40. The number of anilines is 1. The Hall–Kier alpha value is -3.28. The van der Waals surface area contributed by atoms with E-state index in [9.17, 15) is 4.79 Å². The summed E-state index contributed by atoms with van der Waals surface area (Å²) in [7, 11) is 0. The molecule has 6 heteroatoms. The third-order valence-electron chi connectivity index (χ3n) is 4.95. The fourth-order valence-electron chi connectivity index (χ4n) is 3.33. The summed E-state index contributed by atoms with van der Waals surface area (Å²) >= 11 is 0. The summed E-state index contributed by atoms with van der Waals surface area (Å²) in [5.74, 6) is 2.18. The van der Waals surface area contributed by atoms with Crippen LogP contribution in [0.5, 0.6) is 11.5 Å². The minimum Gasteiger partial charge on any atom is -0.486 e. The van der Waals surface area contributed by atoms with E-state index < -0.39 is 0 Å². The minimum absolute atomic E-state index is 0.0384. The first-order chi connectivity index (χ1) is 13.8. The van der Waals surface area contributed by atoms with E-state index in [0.717, 1.165) is 40.8 Å². The van der Waals surface area contributed by atoms with Gasteiger partial charge in [0.25, 0.3) is 5.91 Å². The van der Waals surface area contributed by atoms with Crippen molar-refractivity contribution in [2.75, 3.05) is 18.5 Å². The molecule has 6 nitrogen and oxygen atoms in total. The maximum absolute atomic E-state index is 12.7. The number of amides is 1. The van der Waals surface area contributed by atoms with E-state index in [-0.39, 0.29) is 5.91 Å². The summed E-state index contributed by atoms with van der Waals surface area (Å²) in [6.45, 7) is 1.72. The fraction of sp³-hybridized carbons (Fsp3) is 0.273. The first-order valence-electron chi connectivity index (χ1n) is 9.59. The van der Waals surface area contributed by atoms with Gasteiger partial charge in [-0.1, -0.05) is 24.3 Å². The summed E-state index contributed by atoms with van der Waals surface area (Å²) in [6, 6.07) is 15.8. The molecule has 28 heavy (non-hydrogen) atoms. The van der Waals surface area contributed by atoms with Crippen LogP contribution in [0.25, 0.3) is 10.9 Å². The van der Waals surface area contributed by atoms with Crippen molar-refractivity contribution in [1.29, 1.82) is 0 Å². The number of rotatable bonds is 5. The highest BCUT2D eigenvalue weighted by Gasteiger charge is 2.25. The van der Waals surface area contributed by atoms with Gasteiger partial charge < -0.3 is 20.1 Å². The molecule has 2 N–H and O–H groups in total. The molecule has 2 aromatic carbocycles. The normalized spacial score (nSPS) is 15.3. The van der Waals surface area contributed by atoms with Gasteiger partial charge in [0.15, 0.2) is 11.5 Å². The molecule has 1 aromatic heterocycles. The Kier molecular flexibility index (Phi) is 4.24. The standard InChI is InChI=1S/C22H21N3O3/c26-22(24-15-6-7-15)17-12-21(25-18-4-2-1-3-16(17)18)23-13-14-5-8-19-20(11-14)28-10-9-27-19/h1-5,8,11-12,15H,6-7,9-10,13H2,(H,23,25)(H,24,26). The Labute approximate surface area is 162 Å². The van der Waals surface area contributed by atoms with E-state index in [0.29, 0.717) is 37.2 Å². The van der Waals surface area contributed by atoms with E-state index in [1.54, 1.807) is 0 Å². The highest BCUT2D eigenvalue weighted by molar-refractivity contribution is 6.07. The number of ether oxygens (including phenoxy) is 2. The molecule has 0 atom stereocenters. The summed E-state index contributed by atoms with van der Waals surface area (Å²) < 4.78 is 11.2. The van der Waals surface area contributed by atoms with Crippen LogP contribution in [0.2, 0.25) is 0 Å². The number of nitrogens with zero attached hydrogens (tertiary/aromatic N) is 1. The Morgan fingerprint density at radius 3 is 2.71 bits per heavy atom. The van der Waals surface area contributed by atoms with E-state index in [1.165, 1.54) is 0 Å². The van der Waals surface area contributed by atoms with Crippen molar-refractivity contribution in [1.82, 2.24) is 10.3 Å². The Morgan fingerprint density at radius 1 is 1.04 bits per heavy atom. The number of fused-ring (bicyclic) bond motifs is 2. The average Bonchev–Trinajstić information content (AvgIpc) is 3.55. The van der Waals surface area contributed by atoms with Crippen LogP contribution < -0.4 is 20.1 Å². The first kappa shape index (κ1) is 16.9. The highest BCUT2D eigenvalue weighted by atomic mass is 16.6. The number of carbonyl (C=O) groups is 1. The van der Waals surface area contributed by atoms with Gasteiger partial charge in [-0.25, -0.2) is 4.98 Å². The molecule has 1 fully saturated rings. The lowest BCUT2D eigenvalue weighted by atomic mass is 10.1. The summed E-state index contributed by atoms with van der Waals surface area (Å²) in [6.07, 6.45) is 2.12. The van der Waals surface area contributed by atoms with Crippen LogP contribution in [-0.2, 0) is 6.54 Å². The number of pyridine rings is 1. The molecule has 0 unspecified atom stereocenters. The largest absolute Gasteiger partial charge is 0.486 e. The molecule has 5 rings (SSSR count). The lowest BCUT2D eigenvalue weighted by Gasteiger charge is -2.19. The van der Waals surface area contributed by atoms with Crippen LogP contribution in [0.3, 0.4) is 0 Å². The molecule has 142 valence electrons. The fourth-order valence-corrected chi connectivity index (χ4v) is 3.33. The monoisotopic (exact) mass is 375 g/mol. The molecule has 1 aliphatic heterocycles. The number of nitrogens with one attached hydrogen (secondary N) is 2. The smallest absolute Gasteiger partial charge is 0.252 e. The maximum atomic E-state index is 12.7. The molecule has 2 aliphatic rings. The van der Waals surface area contributed by atoms with Crippen molar-refractivity contribution in [3.8, 4) is 11.5 Å². The molecule has 0 spiro atoms. The van der Waals surface area contributed by atoms with Gasteiger partial charge in [0, 0.05) is 18.0 Å². The van der Waals surface area contributed by atoms with Crippen LogP contribution in [0.4, 0.5) is 5.82 Å². The van der Waals surface area contributed by atoms with E-state index >= 15 is 0 Å². The average molecular weight is 375 g/mol.